The zero-order valence-corrected chi connectivity index (χ0v) is 21.6. The fourth-order valence-corrected chi connectivity index (χ4v) is 4.02. The highest BCUT2D eigenvalue weighted by Crippen LogP contribution is 2.30. The molecule has 0 spiro atoms. The Hall–Kier alpha value is -3.11. The third kappa shape index (κ3) is 6.95. The van der Waals surface area contributed by atoms with Crippen LogP contribution in [-0.2, 0) is 4.79 Å². The summed E-state index contributed by atoms with van der Waals surface area (Å²) in [6.45, 7) is 5.35. The molecule has 3 rings (SSSR count). The summed E-state index contributed by atoms with van der Waals surface area (Å²) in [5.74, 6) is 0.620. The molecule has 0 amide bonds. The average molecular weight is 511 g/mol. The smallest absolute Gasteiger partial charge is 0.139 e. The van der Waals surface area contributed by atoms with Crippen LogP contribution in [-0.4, -0.2) is 48.6 Å². The lowest BCUT2D eigenvalue weighted by atomic mass is 10.1. The number of pyridine rings is 1. The molecular formula is C27H28Cl2N4O2. The molecule has 0 bridgehead atoms. The second kappa shape index (κ2) is 12.0. The summed E-state index contributed by atoms with van der Waals surface area (Å²) in [5, 5.41) is 10.0. The van der Waals surface area contributed by atoms with Crippen molar-refractivity contribution in [1.29, 1.82) is 5.26 Å². The van der Waals surface area contributed by atoms with Crippen LogP contribution in [0.4, 0.5) is 5.69 Å². The maximum atomic E-state index is 11.8. The molecule has 2 aromatic carbocycles. The normalized spacial score (nSPS) is 11.2. The summed E-state index contributed by atoms with van der Waals surface area (Å²) in [5.41, 5.74) is 2.65. The van der Waals surface area contributed by atoms with E-state index in [1.54, 1.807) is 24.5 Å². The summed E-state index contributed by atoms with van der Waals surface area (Å²) in [6, 6.07) is 16.9. The molecule has 0 aliphatic carbocycles. The summed E-state index contributed by atoms with van der Waals surface area (Å²) in [6.07, 6.45) is 5.13. The number of rotatable bonds is 11. The van der Waals surface area contributed by atoms with Gasteiger partial charge in [-0.1, -0.05) is 29.3 Å². The van der Waals surface area contributed by atoms with E-state index in [0.29, 0.717) is 47.6 Å². The van der Waals surface area contributed by atoms with Gasteiger partial charge in [-0.2, -0.15) is 5.26 Å². The maximum absolute atomic E-state index is 11.8. The van der Waals surface area contributed by atoms with E-state index in [0.717, 1.165) is 23.1 Å². The van der Waals surface area contributed by atoms with Gasteiger partial charge in [0.05, 0.1) is 34.4 Å². The third-order valence-electron chi connectivity index (χ3n) is 5.78. The first-order chi connectivity index (χ1) is 16.7. The number of nitriles is 1. The van der Waals surface area contributed by atoms with Crippen molar-refractivity contribution in [2.24, 2.45) is 0 Å². The molecule has 0 N–H and O–H groups in total. The van der Waals surface area contributed by atoms with Gasteiger partial charge >= 0.3 is 0 Å². The minimum absolute atomic E-state index is 0.401. The average Bonchev–Trinajstić information content (AvgIpc) is 2.86. The molecular weight excluding hydrogens is 483 g/mol. The Kier molecular flexibility index (Phi) is 9.11. The number of aromatic nitrogens is 1. The van der Waals surface area contributed by atoms with Gasteiger partial charge in [0.15, 0.2) is 0 Å². The molecule has 0 saturated carbocycles. The molecule has 182 valence electrons. The van der Waals surface area contributed by atoms with Gasteiger partial charge in [0.1, 0.15) is 18.1 Å². The molecule has 0 saturated heterocycles. The number of hydrogen-bond acceptors (Lipinski definition) is 6. The number of aldehydes is 1. The van der Waals surface area contributed by atoms with Crippen molar-refractivity contribution >= 4 is 35.2 Å². The highest BCUT2D eigenvalue weighted by atomic mass is 35.5. The first kappa shape index (κ1) is 26.5. The van der Waals surface area contributed by atoms with Crippen molar-refractivity contribution < 1.29 is 9.53 Å². The highest BCUT2D eigenvalue weighted by Gasteiger charge is 2.27. The molecule has 1 heterocycles. The molecule has 1 aromatic heterocycles. The van der Waals surface area contributed by atoms with E-state index in [1.165, 1.54) is 0 Å². The Morgan fingerprint density at radius 1 is 1.06 bits per heavy atom. The van der Waals surface area contributed by atoms with Crippen LogP contribution in [0.25, 0.3) is 11.1 Å². The Morgan fingerprint density at radius 3 is 2.43 bits per heavy atom. The van der Waals surface area contributed by atoms with Crippen LogP contribution in [0, 0.1) is 11.3 Å². The number of nitrogens with zero attached hydrogens (tertiary/aromatic N) is 4. The van der Waals surface area contributed by atoms with Gasteiger partial charge < -0.3 is 14.4 Å². The maximum Gasteiger partial charge on any atom is 0.139 e. The van der Waals surface area contributed by atoms with Crippen molar-refractivity contribution in [3.63, 3.8) is 0 Å². The summed E-state index contributed by atoms with van der Waals surface area (Å²) < 4.78 is 5.93. The molecule has 0 fully saturated rings. The van der Waals surface area contributed by atoms with E-state index in [1.807, 2.05) is 62.2 Å². The Morgan fingerprint density at radius 2 is 1.80 bits per heavy atom. The molecule has 0 aliphatic rings. The fourth-order valence-electron chi connectivity index (χ4n) is 3.56. The van der Waals surface area contributed by atoms with Crippen LogP contribution in [0.15, 0.2) is 60.9 Å². The zero-order valence-electron chi connectivity index (χ0n) is 20.0. The summed E-state index contributed by atoms with van der Waals surface area (Å²) in [4.78, 5) is 19.9. The first-order valence-corrected chi connectivity index (χ1v) is 12.0. The molecule has 35 heavy (non-hydrogen) atoms. The van der Waals surface area contributed by atoms with Gasteiger partial charge in [-0.3, -0.25) is 9.88 Å². The molecule has 0 aliphatic heterocycles. The van der Waals surface area contributed by atoms with Crippen molar-refractivity contribution in [3.8, 4) is 22.9 Å². The van der Waals surface area contributed by atoms with Crippen LogP contribution < -0.4 is 9.64 Å². The number of hydrogen-bond donors (Lipinski definition) is 0. The zero-order chi connectivity index (χ0) is 25.4. The first-order valence-electron chi connectivity index (χ1n) is 11.2. The van der Waals surface area contributed by atoms with Crippen molar-refractivity contribution in [3.05, 3.63) is 76.5 Å². The Balaban J connectivity index is 1.60. The van der Waals surface area contributed by atoms with Crippen molar-refractivity contribution in [1.82, 2.24) is 9.88 Å². The van der Waals surface area contributed by atoms with Crippen LogP contribution in [0.2, 0.25) is 10.0 Å². The van der Waals surface area contributed by atoms with Gasteiger partial charge in [0.25, 0.3) is 0 Å². The van der Waals surface area contributed by atoms with Crippen LogP contribution in [0.3, 0.4) is 0 Å². The predicted octanol–water partition coefficient (Wildman–Crippen LogP) is 6.07. The molecule has 0 radical (unpaired) electrons. The number of anilines is 1. The minimum atomic E-state index is -0.672. The third-order valence-corrected chi connectivity index (χ3v) is 6.38. The quantitative estimate of drug-likeness (QED) is 0.177. The van der Waals surface area contributed by atoms with Crippen LogP contribution in [0.1, 0.15) is 25.8 Å². The largest absolute Gasteiger partial charge is 0.492 e. The van der Waals surface area contributed by atoms with Crippen molar-refractivity contribution in [2.45, 2.75) is 25.8 Å². The minimum Gasteiger partial charge on any atom is -0.492 e. The summed E-state index contributed by atoms with van der Waals surface area (Å²) >= 11 is 12.6. The second-order valence-electron chi connectivity index (χ2n) is 8.73. The van der Waals surface area contributed by atoms with Crippen LogP contribution >= 0.6 is 23.2 Å². The lowest BCUT2D eigenvalue weighted by Crippen LogP contribution is -2.50. The Labute approximate surface area is 216 Å². The van der Waals surface area contributed by atoms with E-state index in [4.69, 9.17) is 33.2 Å². The topological polar surface area (TPSA) is 69.5 Å². The predicted molar refractivity (Wildman–Crippen MR) is 141 cm³/mol. The number of carbonyl (C=O) groups excluding carboxylic acids is 1. The van der Waals surface area contributed by atoms with Crippen LogP contribution in [0.5, 0.6) is 5.75 Å². The monoisotopic (exact) mass is 510 g/mol. The summed E-state index contributed by atoms with van der Waals surface area (Å²) in [7, 11) is 1.92. The van der Waals surface area contributed by atoms with E-state index < -0.39 is 5.54 Å². The lowest BCUT2D eigenvalue weighted by Gasteiger charge is -2.37. The van der Waals surface area contributed by atoms with E-state index in [-0.39, 0.29) is 0 Å². The molecule has 0 atom stereocenters. The molecule has 8 heteroatoms. The van der Waals surface area contributed by atoms with Gasteiger partial charge in [-0.05, 0) is 73.9 Å². The van der Waals surface area contributed by atoms with E-state index >= 15 is 0 Å². The van der Waals surface area contributed by atoms with E-state index in [2.05, 4.69) is 16.0 Å². The molecule has 6 nitrogen and oxygen atoms in total. The second-order valence-corrected chi connectivity index (χ2v) is 9.55. The van der Waals surface area contributed by atoms with Gasteiger partial charge in [-0.15, -0.1) is 0 Å². The number of halogens is 2. The number of benzene rings is 2. The number of carbonyl (C=O) groups is 1. The fraction of sp³-hybridized carbons (Fsp3) is 0.296. The molecule has 0 unspecified atom stereocenters. The van der Waals surface area contributed by atoms with Crippen molar-refractivity contribution in [2.75, 3.05) is 31.8 Å². The van der Waals surface area contributed by atoms with Gasteiger partial charge in [0, 0.05) is 31.7 Å². The standard InChI is InChI=1S/C27H28Cl2N4O2/c1-27(2,18-34)33(19-32(3)23-7-5-22(17-30)24(28)16-23)13-4-14-35-26-8-6-21(15-25(26)29)20-9-11-31-12-10-20/h5-12,15-16,18H,4,13-14,19H2,1-3H3. The number of ether oxygens (including phenoxy) is 1. The van der Waals surface area contributed by atoms with E-state index in [9.17, 15) is 4.79 Å². The van der Waals surface area contributed by atoms with Gasteiger partial charge in [-0.25, -0.2) is 0 Å². The molecule has 3 aromatic rings. The van der Waals surface area contributed by atoms with Gasteiger partial charge in [0.2, 0.25) is 0 Å². The Bertz CT molecular complexity index is 1200. The lowest BCUT2D eigenvalue weighted by molar-refractivity contribution is -0.117. The SMILES string of the molecule is CN(CN(CCCOc1ccc(-c2ccncc2)cc1Cl)C(C)(C)C=O)c1ccc(C#N)c(Cl)c1. The highest BCUT2D eigenvalue weighted by molar-refractivity contribution is 6.32.